The molecule has 180 valence electrons. The molecular weight excluding hydrogens is 434 g/mol. The maximum atomic E-state index is 12.4. The molecule has 1 heterocycles. The molecule has 0 bridgehead atoms. The number of urea groups is 1. The van der Waals surface area contributed by atoms with E-state index in [1.807, 2.05) is 61.6 Å². The number of benzene rings is 3. The van der Waals surface area contributed by atoms with E-state index in [4.69, 9.17) is 4.74 Å². The maximum absolute atomic E-state index is 12.4. The number of anilines is 1. The zero-order valence-electron chi connectivity index (χ0n) is 20.5. The van der Waals surface area contributed by atoms with Gasteiger partial charge in [0, 0.05) is 49.4 Å². The lowest BCUT2D eigenvalue weighted by atomic mass is 9.90. The molecule has 0 radical (unpaired) electrons. The van der Waals surface area contributed by atoms with Crippen molar-refractivity contribution in [2.24, 2.45) is 0 Å². The first kappa shape index (κ1) is 24.4. The lowest BCUT2D eigenvalue weighted by Gasteiger charge is -2.39. The average Bonchev–Trinajstić information content (AvgIpc) is 2.87. The fourth-order valence-electron chi connectivity index (χ4n) is 4.15. The second kappa shape index (κ2) is 12.1. The number of likely N-dealkylation sites (tertiary alicyclic amines) is 1. The largest absolute Gasteiger partial charge is 0.497 e. The highest BCUT2D eigenvalue weighted by atomic mass is 16.5. The number of hydrogen-bond acceptors (Lipinski definition) is 3. The molecule has 5 nitrogen and oxygen atoms in total. The van der Waals surface area contributed by atoms with Crippen LogP contribution in [0.1, 0.15) is 35.4 Å². The molecule has 5 heteroatoms. The Morgan fingerprint density at radius 3 is 2.26 bits per heavy atom. The summed E-state index contributed by atoms with van der Waals surface area (Å²) in [5, 5.41) is 2.92. The van der Waals surface area contributed by atoms with Gasteiger partial charge in [-0.2, -0.15) is 0 Å². The number of amides is 2. The van der Waals surface area contributed by atoms with Crippen LogP contribution in [0.15, 0.2) is 78.9 Å². The minimum atomic E-state index is -0.0870. The Balaban J connectivity index is 1.12. The van der Waals surface area contributed by atoms with Crippen LogP contribution in [0.4, 0.5) is 10.5 Å². The summed E-state index contributed by atoms with van der Waals surface area (Å²) < 4.78 is 5.15. The van der Waals surface area contributed by atoms with Crippen molar-refractivity contribution in [1.29, 1.82) is 0 Å². The van der Waals surface area contributed by atoms with Crippen molar-refractivity contribution in [1.82, 2.24) is 9.80 Å². The molecule has 0 aliphatic carbocycles. The van der Waals surface area contributed by atoms with Crippen molar-refractivity contribution in [2.75, 3.05) is 45.7 Å². The molecule has 3 aromatic rings. The van der Waals surface area contributed by atoms with E-state index < -0.39 is 0 Å². The Labute approximate surface area is 208 Å². The number of unbranched alkanes of at least 4 members (excludes halogenated alkanes) is 1. The monoisotopic (exact) mass is 467 g/mol. The molecule has 1 saturated heterocycles. The first-order chi connectivity index (χ1) is 17.1. The summed E-state index contributed by atoms with van der Waals surface area (Å²) in [4.78, 5) is 16.6. The Kier molecular flexibility index (Phi) is 8.43. The molecule has 0 atom stereocenters. The standard InChI is InChI=1S/C30H33N3O2/c1-32(30(34)31-28-16-18-29(35-2)19-17-28)20-6-7-21-33-22-27(23-33)26-14-12-25(13-15-26)11-10-24-8-4-3-5-9-24/h3-5,8-9,12-19,27H,6-7,20-23H2,1-2H3,(H,31,34). The predicted octanol–water partition coefficient (Wildman–Crippen LogP) is 5.44. The molecule has 3 aromatic carbocycles. The zero-order chi connectivity index (χ0) is 24.5. The van der Waals surface area contributed by atoms with E-state index in [9.17, 15) is 4.79 Å². The third-order valence-electron chi connectivity index (χ3n) is 6.37. The van der Waals surface area contributed by atoms with Gasteiger partial charge < -0.3 is 19.9 Å². The van der Waals surface area contributed by atoms with Gasteiger partial charge in [-0.05, 0) is 73.5 Å². The summed E-state index contributed by atoms with van der Waals surface area (Å²) in [6.45, 7) is 4.02. The van der Waals surface area contributed by atoms with Gasteiger partial charge >= 0.3 is 6.03 Å². The molecule has 4 rings (SSSR count). The van der Waals surface area contributed by atoms with Crippen LogP contribution >= 0.6 is 0 Å². The van der Waals surface area contributed by atoms with Gasteiger partial charge in [0.2, 0.25) is 0 Å². The fraction of sp³-hybridized carbons (Fsp3) is 0.300. The number of nitrogens with one attached hydrogen (secondary N) is 1. The minimum absolute atomic E-state index is 0.0870. The number of ether oxygens (including phenoxy) is 1. The molecule has 2 amide bonds. The third kappa shape index (κ3) is 7.11. The van der Waals surface area contributed by atoms with Gasteiger partial charge in [-0.3, -0.25) is 0 Å². The van der Waals surface area contributed by atoms with Crippen LogP contribution in [0, 0.1) is 11.8 Å². The molecule has 1 fully saturated rings. The first-order valence-electron chi connectivity index (χ1n) is 12.2. The Hall–Kier alpha value is -3.75. The van der Waals surface area contributed by atoms with Crippen molar-refractivity contribution < 1.29 is 9.53 Å². The lowest BCUT2D eigenvalue weighted by Crippen LogP contribution is -2.45. The first-order valence-corrected chi connectivity index (χ1v) is 12.2. The summed E-state index contributed by atoms with van der Waals surface area (Å²) >= 11 is 0. The van der Waals surface area contributed by atoms with Crippen LogP contribution < -0.4 is 10.1 Å². The number of carbonyl (C=O) groups is 1. The maximum Gasteiger partial charge on any atom is 0.321 e. The summed E-state index contributed by atoms with van der Waals surface area (Å²) in [6, 6.07) is 26.0. The molecule has 35 heavy (non-hydrogen) atoms. The second-order valence-electron chi connectivity index (χ2n) is 8.98. The van der Waals surface area contributed by atoms with Crippen molar-refractivity contribution in [3.05, 3.63) is 95.6 Å². The van der Waals surface area contributed by atoms with Gasteiger partial charge in [0.15, 0.2) is 0 Å². The van der Waals surface area contributed by atoms with Crippen LogP contribution in [-0.4, -0.2) is 56.2 Å². The van der Waals surface area contributed by atoms with Gasteiger partial charge in [0.1, 0.15) is 5.75 Å². The van der Waals surface area contributed by atoms with E-state index in [1.165, 1.54) is 5.56 Å². The van der Waals surface area contributed by atoms with E-state index in [0.717, 1.165) is 61.6 Å². The molecule has 1 aliphatic heterocycles. The number of rotatable bonds is 8. The quantitative estimate of drug-likeness (QED) is 0.355. The Morgan fingerprint density at radius 2 is 1.60 bits per heavy atom. The molecule has 0 spiro atoms. The lowest BCUT2D eigenvalue weighted by molar-refractivity contribution is 0.144. The number of hydrogen-bond donors (Lipinski definition) is 1. The normalized spacial score (nSPS) is 13.3. The SMILES string of the molecule is COc1ccc(NC(=O)N(C)CCCCN2CC(c3ccc(C#Cc4ccccc4)cc3)C2)cc1. The van der Waals surface area contributed by atoms with Gasteiger partial charge in [-0.1, -0.05) is 42.2 Å². The van der Waals surface area contributed by atoms with Gasteiger partial charge in [0.05, 0.1) is 7.11 Å². The summed E-state index contributed by atoms with van der Waals surface area (Å²) in [7, 11) is 3.47. The van der Waals surface area contributed by atoms with E-state index in [0.29, 0.717) is 5.92 Å². The van der Waals surface area contributed by atoms with E-state index in [-0.39, 0.29) is 6.03 Å². The molecule has 0 aromatic heterocycles. The third-order valence-corrected chi connectivity index (χ3v) is 6.37. The van der Waals surface area contributed by atoms with Crippen LogP contribution in [0.3, 0.4) is 0 Å². The van der Waals surface area contributed by atoms with Crippen molar-refractivity contribution in [2.45, 2.75) is 18.8 Å². The predicted molar refractivity (Wildman–Crippen MR) is 142 cm³/mol. The van der Waals surface area contributed by atoms with Crippen molar-refractivity contribution in [3.63, 3.8) is 0 Å². The second-order valence-corrected chi connectivity index (χ2v) is 8.98. The summed E-state index contributed by atoms with van der Waals surface area (Å²) in [5.41, 5.74) is 4.25. The van der Waals surface area contributed by atoms with Crippen molar-refractivity contribution in [3.8, 4) is 17.6 Å². The van der Waals surface area contributed by atoms with E-state index in [1.54, 1.807) is 12.0 Å². The van der Waals surface area contributed by atoms with E-state index >= 15 is 0 Å². The van der Waals surface area contributed by atoms with Crippen molar-refractivity contribution >= 4 is 11.7 Å². The smallest absolute Gasteiger partial charge is 0.321 e. The van der Waals surface area contributed by atoms with Crippen LogP contribution in [-0.2, 0) is 0 Å². The highest BCUT2D eigenvalue weighted by Crippen LogP contribution is 2.27. The zero-order valence-corrected chi connectivity index (χ0v) is 20.5. The Morgan fingerprint density at radius 1 is 0.943 bits per heavy atom. The fourth-order valence-corrected chi connectivity index (χ4v) is 4.15. The topological polar surface area (TPSA) is 44.8 Å². The molecule has 1 N–H and O–H groups in total. The number of methoxy groups -OCH3 is 1. The molecule has 0 unspecified atom stereocenters. The van der Waals surface area contributed by atoms with E-state index in [2.05, 4.69) is 46.3 Å². The van der Waals surface area contributed by atoms with Gasteiger partial charge in [-0.15, -0.1) is 0 Å². The molecule has 0 saturated carbocycles. The molecule has 1 aliphatic rings. The van der Waals surface area contributed by atoms with Gasteiger partial charge in [0.25, 0.3) is 0 Å². The van der Waals surface area contributed by atoms with Crippen LogP contribution in [0.5, 0.6) is 5.75 Å². The highest BCUT2D eigenvalue weighted by Gasteiger charge is 2.27. The van der Waals surface area contributed by atoms with Gasteiger partial charge in [-0.25, -0.2) is 4.79 Å². The van der Waals surface area contributed by atoms with Crippen LogP contribution in [0.2, 0.25) is 0 Å². The number of carbonyl (C=O) groups excluding carboxylic acids is 1. The Bertz CT molecular complexity index is 1140. The highest BCUT2D eigenvalue weighted by molar-refractivity contribution is 5.89. The average molecular weight is 468 g/mol. The minimum Gasteiger partial charge on any atom is -0.497 e. The van der Waals surface area contributed by atoms with Crippen LogP contribution in [0.25, 0.3) is 0 Å². The summed E-state index contributed by atoms with van der Waals surface area (Å²) in [6.07, 6.45) is 2.07. The molecular formula is C30H33N3O2. The summed E-state index contributed by atoms with van der Waals surface area (Å²) in [5.74, 6) is 7.83. The number of nitrogens with zero attached hydrogens (tertiary/aromatic N) is 2.